The van der Waals surface area contributed by atoms with Gasteiger partial charge in [0.25, 0.3) is 0 Å². The Morgan fingerprint density at radius 3 is 2.62 bits per heavy atom. The Labute approximate surface area is 124 Å². The van der Waals surface area contributed by atoms with E-state index < -0.39 is 0 Å². The molecule has 0 aliphatic heterocycles. The van der Waals surface area contributed by atoms with Gasteiger partial charge in [-0.25, -0.2) is 0 Å². The highest BCUT2D eigenvalue weighted by atomic mass is 16.5. The molecule has 114 valence electrons. The molecule has 21 heavy (non-hydrogen) atoms. The second-order valence-corrected chi connectivity index (χ2v) is 5.86. The Hall–Kier alpha value is -1.91. The fourth-order valence-electron chi connectivity index (χ4n) is 2.30. The topological polar surface area (TPSA) is 69.1 Å². The number of ketones is 1. The van der Waals surface area contributed by atoms with Gasteiger partial charge in [-0.15, -0.1) is 0 Å². The predicted octanol–water partition coefficient (Wildman–Crippen LogP) is 4.25. The van der Waals surface area contributed by atoms with Crippen LogP contribution in [0.1, 0.15) is 79.4 Å². The van der Waals surface area contributed by atoms with E-state index in [1.54, 1.807) is 12.3 Å². The van der Waals surface area contributed by atoms with Gasteiger partial charge < -0.3 is 9.05 Å². The van der Waals surface area contributed by atoms with E-state index in [1.165, 1.54) is 0 Å². The van der Waals surface area contributed by atoms with E-state index in [2.05, 4.69) is 17.2 Å². The molecule has 0 aliphatic carbocycles. The molecule has 0 radical (unpaired) electrons. The summed E-state index contributed by atoms with van der Waals surface area (Å²) in [6.07, 6.45) is 3.88. The summed E-state index contributed by atoms with van der Waals surface area (Å²) in [6, 6.07) is 1.75. The second kappa shape index (κ2) is 6.70. The van der Waals surface area contributed by atoms with Crippen LogP contribution >= 0.6 is 0 Å². The van der Waals surface area contributed by atoms with Gasteiger partial charge in [-0.3, -0.25) is 4.79 Å². The summed E-state index contributed by atoms with van der Waals surface area (Å²) in [4.78, 5) is 12.1. The Morgan fingerprint density at radius 2 is 2.05 bits per heavy atom. The van der Waals surface area contributed by atoms with E-state index >= 15 is 0 Å². The fourth-order valence-corrected chi connectivity index (χ4v) is 2.30. The molecule has 0 fully saturated rings. The largest absolute Gasteiger partial charge is 0.361 e. The SMILES string of the molecule is Cc1cnoc1C(C)CCCC(=O)c1cc(C(C)C)on1. The van der Waals surface area contributed by atoms with Crippen LogP contribution in [0, 0.1) is 6.92 Å². The number of Topliss-reactive ketones (excluding diaryl/α,β-unsaturated/α-hetero) is 1. The van der Waals surface area contributed by atoms with Gasteiger partial charge >= 0.3 is 0 Å². The van der Waals surface area contributed by atoms with E-state index in [0.717, 1.165) is 29.9 Å². The molecule has 0 N–H and O–H groups in total. The van der Waals surface area contributed by atoms with Crippen molar-refractivity contribution in [1.82, 2.24) is 10.3 Å². The van der Waals surface area contributed by atoms with Gasteiger partial charge in [0, 0.05) is 29.9 Å². The maximum Gasteiger partial charge on any atom is 0.184 e. The van der Waals surface area contributed by atoms with E-state index in [9.17, 15) is 4.79 Å². The molecular weight excluding hydrogens is 268 g/mol. The zero-order valence-electron chi connectivity index (χ0n) is 13.0. The van der Waals surface area contributed by atoms with Gasteiger partial charge in [-0.05, 0) is 19.8 Å². The molecule has 0 spiro atoms. The number of carbonyl (C=O) groups is 1. The molecular formula is C16H22N2O3. The van der Waals surface area contributed by atoms with Crippen molar-refractivity contribution in [3.05, 3.63) is 35.0 Å². The number of hydrogen-bond acceptors (Lipinski definition) is 5. The molecule has 1 unspecified atom stereocenters. The molecule has 2 aromatic heterocycles. The lowest BCUT2D eigenvalue weighted by molar-refractivity contribution is 0.0969. The summed E-state index contributed by atoms with van der Waals surface area (Å²) in [5, 5.41) is 7.63. The Bertz CT molecular complexity index is 598. The summed E-state index contributed by atoms with van der Waals surface area (Å²) in [5.41, 5.74) is 1.49. The molecule has 2 rings (SSSR count). The van der Waals surface area contributed by atoms with E-state index in [-0.39, 0.29) is 17.6 Å². The Balaban J connectivity index is 1.82. The van der Waals surface area contributed by atoms with Crippen LogP contribution in [0.2, 0.25) is 0 Å². The van der Waals surface area contributed by atoms with Gasteiger partial charge in [0.05, 0.1) is 6.20 Å². The van der Waals surface area contributed by atoms with Crippen LogP contribution in [0.5, 0.6) is 0 Å². The molecule has 1 atom stereocenters. The maximum atomic E-state index is 12.1. The fraction of sp³-hybridized carbons (Fsp3) is 0.562. The van der Waals surface area contributed by atoms with Crippen LogP contribution < -0.4 is 0 Å². The Kier molecular flexibility index (Phi) is 4.94. The average Bonchev–Trinajstić information content (AvgIpc) is 3.06. The van der Waals surface area contributed by atoms with Gasteiger partial charge in [0.2, 0.25) is 0 Å². The first-order valence-corrected chi connectivity index (χ1v) is 7.40. The average molecular weight is 290 g/mol. The van der Waals surface area contributed by atoms with Crippen molar-refractivity contribution in [3.63, 3.8) is 0 Å². The first-order chi connectivity index (χ1) is 9.99. The first kappa shape index (κ1) is 15.5. The van der Waals surface area contributed by atoms with Crippen molar-refractivity contribution in [2.45, 2.75) is 58.8 Å². The maximum absolute atomic E-state index is 12.1. The molecule has 0 saturated heterocycles. The minimum absolute atomic E-state index is 0.0344. The third-order valence-corrected chi connectivity index (χ3v) is 3.66. The second-order valence-electron chi connectivity index (χ2n) is 5.86. The number of aromatic nitrogens is 2. The monoisotopic (exact) mass is 290 g/mol. The van der Waals surface area contributed by atoms with Crippen LogP contribution in [-0.2, 0) is 0 Å². The molecule has 0 amide bonds. The summed E-state index contributed by atoms with van der Waals surface area (Å²) in [5.74, 6) is 2.21. The molecule has 5 nitrogen and oxygen atoms in total. The van der Waals surface area contributed by atoms with Crippen LogP contribution in [-0.4, -0.2) is 16.1 Å². The molecule has 0 saturated carbocycles. The van der Waals surface area contributed by atoms with Crippen molar-refractivity contribution < 1.29 is 13.8 Å². The summed E-state index contributed by atoms with van der Waals surface area (Å²) in [6.45, 7) is 8.09. The van der Waals surface area contributed by atoms with Gasteiger partial charge in [0.15, 0.2) is 5.78 Å². The highest BCUT2D eigenvalue weighted by molar-refractivity contribution is 5.94. The number of nitrogens with zero attached hydrogens (tertiary/aromatic N) is 2. The van der Waals surface area contributed by atoms with Crippen molar-refractivity contribution in [3.8, 4) is 0 Å². The third kappa shape index (κ3) is 3.80. The standard InChI is InChI=1S/C16H22N2O3/c1-10(2)15-8-13(18-20-15)14(19)7-5-6-11(3)16-12(4)9-17-21-16/h8-11H,5-7H2,1-4H3. The van der Waals surface area contributed by atoms with E-state index in [1.807, 2.05) is 20.8 Å². The summed E-state index contributed by atoms with van der Waals surface area (Å²) in [7, 11) is 0. The van der Waals surface area contributed by atoms with E-state index in [0.29, 0.717) is 12.1 Å². The smallest absolute Gasteiger partial charge is 0.184 e. The van der Waals surface area contributed by atoms with Crippen molar-refractivity contribution in [2.75, 3.05) is 0 Å². The highest BCUT2D eigenvalue weighted by Gasteiger charge is 2.17. The van der Waals surface area contributed by atoms with Crippen molar-refractivity contribution in [2.24, 2.45) is 0 Å². The lowest BCUT2D eigenvalue weighted by Crippen LogP contribution is -2.01. The normalized spacial score (nSPS) is 12.8. The van der Waals surface area contributed by atoms with Gasteiger partial charge in [0.1, 0.15) is 17.2 Å². The van der Waals surface area contributed by atoms with Gasteiger partial charge in [-0.2, -0.15) is 0 Å². The molecule has 2 aromatic rings. The minimum Gasteiger partial charge on any atom is -0.361 e. The molecule has 2 heterocycles. The predicted molar refractivity (Wildman–Crippen MR) is 78.4 cm³/mol. The van der Waals surface area contributed by atoms with Crippen LogP contribution in [0.15, 0.2) is 21.3 Å². The lowest BCUT2D eigenvalue weighted by atomic mass is 9.98. The highest BCUT2D eigenvalue weighted by Crippen LogP contribution is 2.24. The number of rotatable bonds is 7. The van der Waals surface area contributed by atoms with Crippen molar-refractivity contribution in [1.29, 1.82) is 0 Å². The number of aryl methyl sites for hydroxylation is 1. The first-order valence-electron chi connectivity index (χ1n) is 7.40. The lowest BCUT2D eigenvalue weighted by Gasteiger charge is -2.07. The third-order valence-electron chi connectivity index (χ3n) is 3.66. The number of carbonyl (C=O) groups excluding carboxylic acids is 1. The quantitative estimate of drug-likeness (QED) is 0.713. The molecule has 0 bridgehead atoms. The van der Waals surface area contributed by atoms with Crippen molar-refractivity contribution >= 4 is 5.78 Å². The minimum atomic E-state index is 0.0344. The van der Waals surface area contributed by atoms with Crippen LogP contribution in [0.3, 0.4) is 0 Å². The molecule has 5 heteroatoms. The molecule has 0 aliphatic rings. The van der Waals surface area contributed by atoms with Crippen LogP contribution in [0.25, 0.3) is 0 Å². The van der Waals surface area contributed by atoms with E-state index in [4.69, 9.17) is 9.05 Å². The summed E-state index contributed by atoms with van der Waals surface area (Å²) < 4.78 is 10.4. The van der Waals surface area contributed by atoms with Gasteiger partial charge in [-0.1, -0.05) is 31.1 Å². The zero-order chi connectivity index (χ0) is 15.4. The van der Waals surface area contributed by atoms with Crippen LogP contribution in [0.4, 0.5) is 0 Å². The Morgan fingerprint density at radius 1 is 1.29 bits per heavy atom. The number of hydrogen-bond donors (Lipinski definition) is 0. The summed E-state index contributed by atoms with van der Waals surface area (Å²) >= 11 is 0. The molecule has 0 aromatic carbocycles. The zero-order valence-corrected chi connectivity index (χ0v) is 13.0.